The van der Waals surface area contributed by atoms with Crippen LogP contribution in [0, 0.1) is 0 Å². The molecule has 0 atom stereocenters. The van der Waals surface area contributed by atoms with E-state index in [9.17, 15) is 0 Å². The Morgan fingerprint density at radius 3 is 2.47 bits per heavy atom. The molecule has 2 heterocycles. The summed E-state index contributed by atoms with van der Waals surface area (Å²) in [5.41, 5.74) is 5.17. The van der Waals surface area contributed by atoms with Crippen LogP contribution < -0.4 is 28.5 Å². The molecule has 5 aromatic rings. The maximum absolute atomic E-state index is 2.48. The van der Waals surface area contributed by atoms with Crippen LogP contribution in [-0.2, 0) is 13.6 Å². The van der Waals surface area contributed by atoms with Crippen molar-refractivity contribution in [3.05, 3.63) is 77.3 Å². The van der Waals surface area contributed by atoms with Crippen LogP contribution in [-0.4, -0.2) is 30.1 Å². The summed E-state index contributed by atoms with van der Waals surface area (Å²) < 4.78 is 6.07. The van der Waals surface area contributed by atoms with E-state index in [4.69, 9.17) is 0 Å². The molecule has 0 saturated carbocycles. The third-order valence-corrected chi connectivity index (χ3v) is 7.16. The zero-order chi connectivity index (χ0) is 21.4. The highest BCUT2D eigenvalue weighted by Crippen LogP contribution is 2.30. The summed E-state index contributed by atoms with van der Waals surface area (Å²) in [6.45, 7) is 2.13. The fourth-order valence-electron chi connectivity index (χ4n) is 4.39. The Balaban J connectivity index is 0.00000245. The smallest absolute Gasteiger partial charge is 0.262 e. The van der Waals surface area contributed by atoms with E-state index in [1.54, 1.807) is 0 Å². The molecule has 0 radical (unpaired) electrons. The SMILES string of the molecule is CN(C)CCCn1c2ccccc2c2cc(/C=C/c3sc4ccccc4[n+]3C)ccc21.[I-]. The largest absolute Gasteiger partial charge is 1.00 e. The van der Waals surface area contributed by atoms with Gasteiger partial charge in [-0.05, 0) is 63.0 Å². The second kappa shape index (κ2) is 9.73. The maximum Gasteiger partial charge on any atom is 0.262 e. The molecule has 0 unspecified atom stereocenters. The molecular formula is C27H28IN3S. The zero-order valence-corrected chi connectivity index (χ0v) is 21.7. The molecule has 0 aliphatic carbocycles. The average molecular weight is 554 g/mol. The number of para-hydroxylation sites is 2. The van der Waals surface area contributed by atoms with Crippen molar-refractivity contribution >= 4 is 55.5 Å². The molecule has 0 saturated heterocycles. The lowest BCUT2D eigenvalue weighted by Crippen LogP contribution is -3.00. The lowest BCUT2D eigenvalue weighted by atomic mass is 10.1. The number of aromatic nitrogens is 2. The number of halogens is 1. The molecule has 0 aliphatic heterocycles. The van der Waals surface area contributed by atoms with Gasteiger partial charge in [-0.3, -0.25) is 0 Å². The summed E-state index contributed by atoms with van der Waals surface area (Å²) in [4.78, 5) is 2.25. The predicted octanol–water partition coefficient (Wildman–Crippen LogP) is 2.96. The molecule has 3 aromatic carbocycles. The lowest BCUT2D eigenvalue weighted by Gasteiger charge is -2.11. The first-order valence-electron chi connectivity index (χ1n) is 10.8. The van der Waals surface area contributed by atoms with Crippen molar-refractivity contribution in [3.8, 4) is 0 Å². The molecule has 5 heteroatoms. The van der Waals surface area contributed by atoms with Gasteiger partial charge in [0.05, 0.1) is 0 Å². The summed E-state index contributed by atoms with van der Waals surface area (Å²) in [6, 6.07) is 24.2. The topological polar surface area (TPSA) is 12.1 Å². The molecule has 0 fully saturated rings. The highest BCUT2D eigenvalue weighted by Gasteiger charge is 2.14. The van der Waals surface area contributed by atoms with Gasteiger partial charge in [0.1, 0.15) is 11.7 Å². The Labute approximate surface area is 210 Å². The second-order valence-electron chi connectivity index (χ2n) is 8.40. The number of benzene rings is 3. The Morgan fingerprint density at radius 2 is 1.66 bits per heavy atom. The van der Waals surface area contributed by atoms with Crippen molar-refractivity contribution < 1.29 is 28.5 Å². The van der Waals surface area contributed by atoms with E-state index in [0.29, 0.717) is 0 Å². The summed E-state index contributed by atoms with van der Waals surface area (Å²) in [6.07, 6.45) is 5.62. The van der Waals surface area contributed by atoms with E-state index in [-0.39, 0.29) is 24.0 Å². The lowest BCUT2D eigenvalue weighted by molar-refractivity contribution is -0.642. The van der Waals surface area contributed by atoms with Crippen LogP contribution in [0.2, 0.25) is 0 Å². The fourth-order valence-corrected chi connectivity index (χ4v) is 5.45. The highest BCUT2D eigenvalue weighted by atomic mass is 127. The first-order chi connectivity index (χ1) is 15.1. The molecule has 0 N–H and O–H groups in total. The third-order valence-electron chi connectivity index (χ3n) is 5.97. The monoisotopic (exact) mass is 553 g/mol. The molecule has 3 nitrogen and oxygen atoms in total. The van der Waals surface area contributed by atoms with Crippen LogP contribution in [0.1, 0.15) is 17.0 Å². The van der Waals surface area contributed by atoms with Crippen LogP contribution in [0.5, 0.6) is 0 Å². The van der Waals surface area contributed by atoms with Gasteiger partial charge in [0.15, 0.2) is 0 Å². The molecule has 164 valence electrons. The van der Waals surface area contributed by atoms with Crippen LogP contribution in [0.15, 0.2) is 66.7 Å². The number of rotatable bonds is 6. The van der Waals surface area contributed by atoms with Gasteiger partial charge in [0, 0.05) is 40.5 Å². The summed E-state index contributed by atoms with van der Waals surface area (Å²) in [7, 11) is 6.42. The van der Waals surface area contributed by atoms with Gasteiger partial charge in [0.25, 0.3) is 5.01 Å². The van der Waals surface area contributed by atoms with Gasteiger partial charge in [-0.25, -0.2) is 0 Å². The number of aryl methyl sites for hydroxylation is 2. The van der Waals surface area contributed by atoms with Gasteiger partial charge >= 0.3 is 0 Å². The van der Waals surface area contributed by atoms with E-state index < -0.39 is 0 Å². The van der Waals surface area contributed by atoms with Crippen molar-refractivity contribution in [2.24, 2.45) is 7.05 Å². The van der Waals surface area contributed by atoms with E-state index in [1.807, 2.05) is 11.3 Å². The number of hydrogen-bond donors (Lipinski definition) is 0. The van der Waals surface area contributed by atoms with Gasteiger partial charge in [0.2, 0.25) is 5.52 Å². The summed E-state index contributed by atoms with van der Waals surface area (Å²) in [5.74, 6) is 0. The molecule has 5 rings (SSSR count). The average Bonchev–Trinajstić information content (AvgIpc) is 3.27. The van der Waals surface area contributed by atoms with E-state index in [1.165, 1.54) is 42.6 Å². The minimum atomic E-state index is 0. The van der Waals surface area contributed by atoms with Gasteiger partial charge in [-0.2, -0.15) is 4.57 Å². The Kier molecular flexibility index (Phi) is 6.98. The van der Waals surface area contributed by atoms with Gasteiger partial charge in [-0.15, -0.1) is 0 Å². The molecule has 0 spiro atoms. The molecule has 0 aliphatic rings. The molecule has 0 amide bonds. The molecular weight excluding hydrogens is 525 g/mol. The predicted molar refractivity (Wildman–Crippen MR) is 135 cm³/mol. The van der Waals surface area contributed by atoms with Crippen molar-refractivity contribution in [2.45, 2.75) is 13.0 Å². The van der Waals surface area contributed by atoms with Crippen LogP contribution in [0.25, 0.3) is 44.2 Å². The maximum atomic E-state index is 2.48. The van der Waals surface area contributed by atoms with E-state index in [2.05, 4.69) is 114 Å². The van der Waals surface area contributed by atoms with E-state index >= 15 is 0 Å². The van der Waals surface area contributed by atoms with Crippen LogP contribution in [0.3, 0.4) is 0 Å². The minimum Gasteiger partial charge on any atom is -1.00 e. The number of hydrogen-bond acceptors (Lipinski definition) is 2. The zero-order valence-electron chi connectivity index (χ0n) is 18.8. The molecule has 0 bridgehead atoms. The Bertz CT molecular complexity index is 1410. The Hall–Kier alpha value is -2.22. The van der Waals surface area contributed by atoms with E-state index in [0.717, 1.165) is 19.5 Å². The summed E-state index contributed by atoms with van der Waals surface area (Å²) in [5, 5.41) is 3.93. The minimum absolute atomic E-state index is 0. The van der Waals surface area contributed by atoms with Gasteiger partial charge in [-0.1, -0.05) is 47.7 Å². The second-order valence-corrected chi connectivity index (χ2v) is 9.46. The quantitative estimate of drug-likeness (QED) is 0.233. The third kappa shape index (κ3) is 4.34. The first-order valence-corrected chi connectivity index (χ1v) is 11.6. The first kappa shape index (κ1) is 23.0. The molecule has 2 aromatic heterocycles. The number of nitrogens with zero attached hydrogens (tertiary/aromatic N) is 3. The standard InChI is InChI=1S/C27H28N3S.HI/c1-28(2)17-8-18-30-23-10-5-4-9-21(23)22-19-20(13-15-24(22)30)14-16-27-29(3)25-11-6-7-12-26(25)31-27;/h4-7,9-16,19H,8,17-18H2,1-3H3;1H/q+1;/p-1. The number of thiazole rings is 1. The van der Waals surface area contributed by atoms with Crippen molar-refractivity contribution in [1.82, 2.24) is 9.47 Å². The normalized spacial score (nSPS) is 11.9. The van der Waals surface area contributed by atoms with Crippen molar-refractivity contribution in [1.29, 1.82) is 0 Å². The van der Waals surface area contributed by atoms with Crippen molar-refractivity contribution in [3.63, 3.8) is 0 Å². The molecule has 32 heavy (non-hydrogen) atoms. The van der Waals surface area contributed by atoms with Crippen molar-refractivity contribution in [2.75, 3.05) is 20.6 Å². The highest BCUT2D eigenvalue weighted by molar-refractivity contribution is 7.18. The van der Waals surface area contributed by atoms with Crippen LogP contribution >= 0.6 is 11.3 Å². The summed E-state index contributed by atoms with van der Waals surface area (Å²) >= 11 is 1.83. The fraction of sp³-hybridized carbons (Fsp3) is 0.222. The number of fused-ring (bicyclic) bond motifs is 4. The van der Waals surface area contributed by atoms with Crippen LogP contribution in [0.4, 0.5) is 0 Å². The Morgan fingerprint density at radius 1 is 0.906 bits per heavy atom. The van der Waals surface area contributed by atoms with Gasteiger partial charge < -0.3 is 33.4 Å².